The number of hydrogen-bond donors (Lipinski definition) is 0. The summed E-state index contributed by atoms with van der Waals surface area (Å²) in [7, 11) is 0. The van der Waals surface area contributed by atoms with Crippen molar-refractivity contribution < 1.29 is 13.5 Å². The first-order valence-corrected chi connectivity index (χ1v) is 7.49. The minimum atomic E-state index is -0.660. The van der Waals surface area contributed by atoms with Crippen LogP contribution in [0, 0.1) is 5.82 Å². The zero-order chi connectivity index (χ0) is 16.5. The summed E-state index contributed by atoms with van der Waals surface area (Å²) >= 11 is 0. The maximum atomic E-state index is 14.0. The number of halogens is 2. The number of benzene rings is 2. The molecular formula is C18H13F2N3O. The molecule has 120 valence electrons. The molecule has 4 aromatic rings. The quantitative estimate of drug-likeness (QED) is 0.568. The van der Waals surface area contributed by atoms with Gasteiger partial charge in [0.2, 0.25) is 5.78 Å². The van der Waals surface area contributed by atoms with Gasteiger partial charge in [-0.25, -0.2) is 18.7 Å². The summed E-state index contributed by atoms with van der Waals surface area (Å²) in [5, 5.41) is 0. The molecule has 24 heavy (non-hydrogen) atoms. The molecule has 0 aliphatic heterocycles. The van der Waals surface area contributed by atoms with Gasteiger partial charge in [0.25, 0.3) is 0 Å². The molecular weight excluding hydrogens is 312 g/mol. The van der Waals surface area contributed by atoms with E-state index >= 15 is 0 Å². The van der Waals surface area contributed by atoms with Gasteiger partial charge in [-0.1, -0.05) is 12.1 Å². The monoisotopic (exact) mass is 325 g/mol. The number of aromatic nitrogens is 3. The van der Waals surface area contributed by atoms with Gasteiger partial charge in [-0.2, -0.15) is 0 Å². The van der Waals surface area contributed by atoms with E-state index in [1.54, 1.807) is 12.1 Å². The van der Waals surface area contributed by atoms with Crippen molar-refractivity contribution in [3.63, 3.8) is 0 Å². The van der Waals surface area contributed by atoms with E-state index in [0.717, 1.165) is 11.0 Å². The average molecular weight is 325 g/mol. The first-order valence-electron chi connectivity index (χ1n) is 7.49. The molecule has 4 nitrogen and oxygen atoms in total. The van der Waals surface area contributed by atoms with Crippen LogP contribution in [0.1, 0.15) is 0 Å². The van der Waals surface area contributed by atoms with Crippen molar-refractivity contribution in [1.82, 2.24) is 14.4 Å². The summed E-state index contributed by atoms with van der Waals surface area (Å²) in [6.45, 7) is -0.825. The third kappa shape index (κ3) is 2.46. The molecule has 2 aromatic carbocycles. The molecule has 0 radical (unpaired) electrons. The second kappa shape index (κ2) is 5.88. The van der Waals surface area contributed by atoms with E-state index in [-0.39, 0.29) is 12.4 Å². The molecule has 0 atom stereocenters. The van der Waals surface area contributed by atoms with Crippen LogP contribution in [-0.2, 0) is 0 Å². The first kappa shape index (κ1) is 14.6. The molecule has 0 aliphatic carbocycles. The Balaban J connectivity index is 1.76. The molecule has 0 saturated heterocycles. The average Bonchev–Trinajstić information content (AvgIpc) is 2.98. The Hall–Kier alpha value is -3.02. The van der Waals surface area contributed by atoms with Gasteiger partial charge < -0.3 is 4.74 Å². The van der Waals surface area contributed by atoms with Crippen molar-refractivity contribution in [2.75, 3.05) is 13.3 Å². The van der Waals surface area contributed by atoms with E-state index in [0.29, 0.717) is 17.0 Å². The fourth-order valence-corrected chi connectivity index (χ4v) is 2.63. The van der Waals surface area contributed by atoms with Crippen molar-refractivity contribution in [3.8, 4) is 17.0 Å². The van der Waals surface area contributed by atoms with E-state index in [4.69, 9.17) is 4.74 Å². The van der Waals surface area contributed by atoms with Crippen molar-refractivity contribution in [2.45, 2.75) is 0 Å². The van der Waals surface area contributed by atoms with E-state index in [9.17, 15) is 8.78 Å². The van der Waals surface area contributed by atoms with Crippen LogP contribution in [0.25, 0.3) is 28.1 Å². The SMILES string of the molecule is FCCOc1ccc(-c2ccn3c(n2)nc2ccccc23)cc1F. The van der Waals surface area contributed by atoms with Gasteiger partial charge in [-0.15, -0.1) is 0 Å². The highest BCUT2D eigenvalue weighted by atomic mass is 19.1. The van der Waals surface area contributed by atoms with E-state index < -0.39 is 12.5 Å². The van der Waals surface area contributed by atoms with Gasteiger partial charge in [0.15, 0.2) is 11.6 Å². The number of fused-ring (bicyclic) bond motifs is 3. The fourth-order valence-electron chi connectivity index (χ4n) is 2.63. The Bertz CT molecular complexity index is 1030. The lowest BCUT2D eigenvalue weighted by Crippen LogP contribution is -2.00. The summed E-state index contributed by atoms with van der Waals surface area (Å²) in [6.07, 6.45) is 1.86. The fraction of sp³-hybridized carbons (Fsp3) is 0.111. The predicted octanol–water partition coefficient (Wildman–Crippen LogP) is 4.04. The maximum absolute atomic E-state index is 14.0. The number of hydrogen-bond acceptors (Lipinski definition) is 3. The van der Waals surface area contributed by atoms with Gasteiger partial charge in [0.1, 0.15) is 13.3 Å². The van der Waals surface area contributed by atoms with E-state index in [2.05, 4.69) is 9.97 Å². The molecule has 0 N–H and O–H groups in total. The molecule has 0 saturated carbocycles. The Morgan fingerprint density at radius 2 is 1.92 bits per heavy atom. The maximum Gasteiger partial charge on any atom is 0.235 e. The smallest absolute Gasteiger partial charge is 0.235 e. The Kier molecular flexibility index (Phi) is 3.57. The van der Waals surface area contributed by atoms with E-state index in [1.165, 1.54) is 12.1 Å². The standard InChI is InChI=1S/C18H13F2N3O/c19-8-10-24-17-6-5-12(11-13(17)20)14-7-9-23-16-4-2-1-3-15(16)22-18(23)21-14/h1-7,9,11H,8,10H2. The van der Waals surface area contributed by atoms with Crippen LogP contribution < -0.4 is 4.74 Å². The van der Waals surface area contributed by atoms with Gasteiger partial charge in [-0.05, 0) is 36.4 Å². The molecule has 0 spiro atoms. The number of ether oxygens (including phenoxy) is 1. The zero-order valence-electron chi connectivity index (χ0n) is 12.6. The van der Waals surface area contributed by atoms with Crippen LogP contribution in [0.3, 0.4) is 0 Å². The number of para-hydroxylation sites is 2. The summed E-state index contributed by atoms with van der Waals surface area (Å²) in [5.74, 6) is 0.0343. The van der Waals surface area contributed by atoms with Gasteiger partial charge in [-0.3, -0.25) is 4.40 Å². The lowest BCUT2D eigenvalue weighted by molar-refractivity contribution is 0.262. The highest BCUT2D eigenvalue weighted by Gasteiger charge is 2.10. The van der Waals surface area contributed by atoms with Gasteiger partial charge >= 0.3 is 0 Å². The summed E-state index contributed by atoms with van der Waals surface area (Å²) in [6, 6.07) is 14.0. The van der Waals surface area contributed by atoms with Crippen LogP contribution >= 0.6 is 0 Å². The van der Waals surface area contributed by atoms with Crippen molar-refractivity contribution in [2.24, 2.45) is 0 Å². The van der Waals surface area contributed by atoms with Crippen molar-refractivity contribution >= 4 is 16.8 Å². The van der Waals surface area contributed by atoms with Crippen LogP contribution in [0.5, 0.6) is 5.75 Å². The third-order valence-corrected chi connectivity index (χ3v) is 3.74. The zero-order valence-corrected chi connectivity index (χ0v) is 12.6. The minimum Gasteiger partial charge on any atom is -0.488 e. The molecule has 0 fully saturated rings. The largest absolute Gasteiger partial charge is 0.488 e. The Labute approximate surface area is 136 Å². The minimum absolute atomic E-state index is 0.0315. The molecule has 0 amide bonds. The first-order chi connectivity index (χ1) is 11.8. The molecule has 0 unspecified atom stereocenters. The molecule has 2 aromatic heterocycles. The highest BCUT2D eigenvalue weighted by molar-refractivity contribution is 5.80. The molecule has 4 rings (SSSR count). The van der Waals surface area contributed by atoms with Crippen LogP contribution in [-0.4, -0.2) is 27.7 Å². The Morgan fingerprint density at radius 1 is 1.04 bits per heavy atom. The predicted molar refractivity (Wildman–Crippen MR) is 87.4 cm³/mol. The summed E-state index contributed by atoms with van der Waals surface area (Å²) in [5.41, 5.74) is 3.03. The van der Waals surface area contributed by atoms with Crippen molar-refractivity contribution in [3.05, 3.63) is 60.5 Å². The molecule has 0 bridgehead atoms. The van der Waals surface area contributed by atoms with Crippen LogP contribution in [0.2, 0.25) is 0 Å². The number of alkyl halides is 1. The number of imidazole rings is 1. The number of nitrogens with zero attached hydrogens (tertiary/aromatic N) is 3. The molecule has 6 heteroatoms. The summed E-state index contributed by atoms with van der Waals surface area (Å²) < 4.78 is 33.1. The van der Waals surface area contributed by atoms with E-state index in [1.807, 2.05) is 34.9 Å². The second-order valence-corrected chi connectivity index (χ2v) is 5.27. The topological polar surface area (TPSA) is 39.4 Å². The third-order valence-electron chi connectivity index (χ3n) is 3.74. The summed E-state index contributed by atoms with van der Waals surface area (Å²) in [4.78, 5) is 8.97. The van der Waals surface area contributed by atoms with Crippen LogP contribution in [0.15, 0.2) is 54.7 Å². The second-order valence-electron chi connectivity index (χ2n) is 5.27. The molecule has 0 aliphatic rings. The normalized spacial score (nSPS) is 11.2. The van der Waals surface area contributed by atoms with Gasteiger partial charge in [0.05, 0.1) is 16.7 Å². The molecule has 2 heterocycles. The van der Waals surface area contributed by atoms with Crippen molar-refractivity contribution in [1.29, 1.82) is 0 Å². The van der Waals surface area contributed by atoms with Gasteiger partial charge in [0, 0.05) is 11.8 Å². The Morgan fingerprint density at radius 3 is 2.75 bits per heavy atom. The lowest BCUT2D eigenvalue weighted by atomic mass is 10.1. The lowest BCUT2D eigenvalue weighted by Gasteiger charge is -2.07. The van der Waals surface area contributed by atoms with Crippen LogP contribution in [0.4, 0.5) is 8.78 Å². The number of rotatable bonds is 4. The highest BCUT2D eigenvalue weighted by Crippen LogP contribution is 2.25.